The first kappa shape index (κ1) is 25.0. The summed E-state index contributed by atoms with van der Waals surface area (Å²) >= 11 is 0. The van der Waals surface area contributed by atoms with Gasteiger partial charge in [0.25, 0.3) is 0 Å². The van der Waals surface area contributed by atoms with E-state index in [1.807, 2.05) is 12.3 Å². The van der Waals surface area contributed by atoms with Crippen LogP contribution in [0.1, 0.15) is 0 Å². The Balaban J connectivity index is 1.24. The molecule has 6 aromatic carbocycles. The van der Waals surface area contributed by atoms with Crippen molar-refractivity contribution >= 4 is 50.8 Å². The van der Waals surface area contributed by atoms with Crippen LogP contribution >= 0.6 is 0 Å². The van der Waals surface area contributed by atoms with E-state index in [9.17, 15) is 0 Å². The minimum Gasteiger partial charge on any atom is -0.294 e. The number of nitrogens with zero attached hydrogens (tertiary/aromatic N) is 3. The normalized spacial score (nSPS) is 13.2. The molecule has 3 nitrogen and oxygen atoms in total. The third-order valence-corrected chi connectivity index (χ3v) is 14.1. The fraction of sp³-hybridized carbons (Fsp3) is 0. The highest BCUT2D eigenvalue weighted by atomic mass is 28.3. The predicted octanol–water partition coefficient (Wildman–Crippen LogP) is 6.60. The van der Waals surface area contributed by atoms with Crippen molar-refractivity contribution < 1.29 is 0 Å². The SMILES string of the molecule is c1ccc(-n2c3ccccc3c3cnc(-c4ccc([Si]5(c6ccccc6)c6ccccc6-c6ccccc65)cc4)nc32)cc1. The minimum atomic E-state index is -2.51. The summed E-state index contributed by atoms with van der Waals surface area (Å²) in [4.78, 5) is 10.1. The molecule has 0 N–H and O–H groups in total. The van der Waals surface area contributed by atoms with Gasteiger partial charge in [-0.1, -0.05) is 140 Å². The average molecular weight is 578 g/mol. The molecule has 0 aliphatic carbocycles. The molecule has 0 atom stereocenters. The van der Waals surface area contributed by atoms with Gasteiger partial charge in [0.15, 0.2) is 13.9 Å². The summed E-state index contributed by atoms with van der Waals surface area (Å²) in [5.74, 6) is 0.728. The van der Waals surface area contributed by atoms with Gasteiger partial charge >= 0.3 is 0 Å². The Morgan fingerprint density at radius 1 is 0.477 bits per heavy atom. The number of fused-ring (bicyclic) bond motifs is 6. The van der Waals surface area contributed by atoms with E-state index in [0.717, 1.165) is 39.0 Å². The lowest BCUT2D eigenvalue weighted by Crippen LogP contribution is -2.72. The van der Waals surface area contributed by atoms with Crippen molar-refractivity contribution in [3.63, 3.8) is 0 Å². The third kappa shape index (κ3) is 3.49. The van der Waals surface area contributed by atoms with Gasteiger partial charge in [0, 0.05) is 28.2 Å². The molecule has 2 aromatic heterocycles. The zero-order valence-corrected chi connectivity index (χ0v) is 24.9. The van der Waals surface area contributed by atoms with E-state index in [2.05, 4.69) is 156 Å². The smallest absolute Gasteiger partial charge is 0.180 e. The molecule has 1 aliphatic rings. The molecule has 44 heavy (non-hydrogen) atoms. The summed E-state index contributed by atoms with van der Waals surface area (Å²) in [6.45, 7) is 0. The molecule has 0 radical (unpaired) electrons. The third-order valence-electron chi connectivity index (χ3n) is 9.17. The lowest BCUT2D eigenvalue weighted by molar-refractivity contribution is 1.11. The van der Waals surface area contributed by atoms with Gasteiger partial charge in [0.05, 0.1) is 5.52 Å². The standard InChI is InChI=1S/C40H27N3Si/c1-3-13-29(14-4-1)43-36-20-10-7-17-32(36)35-27-41-39(42-40(35)43)28-23-25-31(26-24-28)44(30-15-5-2-6-16-30)37-21-11-8-18-33(37)34-19-9-12-22-38(34)44/h1-27H. The van der Waals surface area contributed by atoms with Gasteiger partial charge in [0.1, 0.15) is 5.65 Å². The molecule has 8 aromatic rings. The average Bonchev–Trinajstić information content (AvgIpc) is 3.60. The summed E-state index contributed by atoms with van der Waals surface area (Å²) in [7, 11) is -2.51. The van der Waals surface area contributed by atoms with Crippen LogP contribution in [-0.2, 0) is 0 Å². The van der Waals surface area contributed by atoms with Crippen molar-refractivity contribution in [2.45, 2.75) is 0 Å². The second-order valence-electron chi connectivity index (χ2n) is 11.4. The first-order valence-corrected chi connectivity index (χ1v) is 17.0. The molecule has 0 bridgehead atoms. The van der Waals surface area contributed by atoms with Crippen LogP contribution in [0.5, 0.6) is 0 Å². The number of hydrogen-bond donors (Lipinski definition) is 0. The van der Waals surface area contributed by atoms with E-state index < -0.39 is 8.07 Å². The fourth-order valence-electron chi connectivity index (χ4n) is 7.30. The van der Waals surface area contributed by atoms with Crippen LogP contribution in [0.4, 0.5) is 0 Å². The Hall–Kier alpha value is -5.58. The molecule has 0 spiro atoms. The number of hydrogen-bond acceptors (Lipinski definition) is 2. The molecule has 0 saturated carbocycles. The number of benzene rings is 6. The first-order valence-electron chi connectivity index (χ1n) is 15.0. The number of aromatic nitrogens is 3. The number of para-hydroxylation sites is 2. The van der Waals surface area contributed by atoms with Crippen molar-refractivity contribution in [3.8, 4) is 28.2 Å². The van der Waals surface area contributed by atoms with Crippen molar-refractivity contribution in [1.82, 2.24) is 14.5 Å². The summed E-state index contributed by atoms with van der Waals surface area (Å²) in [5.41, 5.74) is 6.85. The molecule has 3 heterocycles. The van der Waals surface area contributed by atoms with Crippen molar-refractivity contribution in [2.24, 2.45) is 0 Å². The van der Waals surface area contributed by atoms with Gasteiger partial charge in [-0.3, -0.25) is 4.57 Å². The molecule has 1 aliphatic heterocycles. The maximum Gasteiger partial charge on any atom is 0.180 e. The topological polar surface area (TPSA) is 30.7 Å². The van der Waals surface area contributed by atoms with Crippen LogP contribution in [0.3, 0.4) is 0 Å². The van der Waals surface area contributed by atoms with Gasteiger partial charge in [-0.05, 0) is 50.1 Å². The van der Waals surface area contributed by atoms with Crippen LogP contribution in [0.15, 0.2) is 164 Å². The fourth-order valence-corrected chi connectivity index (χ4v) is 12.5. The lowest BCUT2D eigenvalue weighted by Gasteiger charge is -2.31. The second-order valence-corrected chi connectivity index (χ2v) is 15.1. The predicted molar refractivity (Wildman–Crippen MR) is 184 cm³/mol. The zero-order chi connectivity index (χ0) is 29.1. The maximum absolute atomic E-state index is 5.20. The van der Waals surface area contributed by atoms with E-state index in [0.29, 0.717) is 0 Å². The summed E-state index contributed by atoms with van der Waals surface area (Å²) < 4.78 is 2.24. The molecule has 9 rings (SSSR count). The highest BCUT2D eigenvalue weighted by molar-refractivity contribution is 7.22. The van der Waals surface area contributed by atoms with Crippen LogP contribution in [-0.4, -0.2) is 22.6 Å². The van der Waals surface area contributed by atoms with E-state index >= 15 is 0 Å². The van der Waals surface area contributed by atoms with E-state index in [1.54, 1.807) is 0 Å². The highest BCUT2D eigenvalue weighted by Crippen LogP contribution is 2.32. The van der Waals surface area contributed by atoms with Crippen molar-refractivity contribution in [1.29, 1.82) is 0 Å². The van der Waals surface area contributed by atoms with Crippen molar-refractivity contribution in [3.05, 3.63) is 164 Å². The second kappa shape index (κ2) is 9.73. The van der Waals surface area contributed by atoms with Crippen LogP contribution in [0.2, 0.25) is 0 Å². The van der Waals surface area contributed by atoms with Gasteiger partial charge in [-0.15, -0.1) is 0 Å². The van der Waals surface area contributed by atoms with Gasteiger partial charge < -0.3 is 0 Å². The highest BCUT2D eigenvalue weighted by Gasteiger charge is 2.48. The Morgan fingerprint density at radius 3 is 1.75 bits per heavy atom. The Labute approximate surface area is 256 Å². The van der Waals surface area contributed by atoms with Crippen LogP contribution < -0.4 is 20.7 Å². The van der Waals surface area contributed by atoms with E-state index in [4.69, 9.17) is 9.97 Å². The monoisotopic (exact) mass is 577 g/mol. The molecular weight excluding hydrogens is 551 g/mol. The Bertz CT molecular complexity index is 2280. The van der Waals surface area contributed by atoms with E-state index in [1.165, 1.54) is 31.9 Å². The van der Waals surface area contributed by atoms with Crippen molar-refractivity contribution in [2.75, 3.05) is 0 Å². The molecular formula is C40H27N3Si. The zero-order valence-electron chi connectivity index (χ0n) is 23.9. The first-order chi connectivity index (χ1) is 21.8. The molecule has 0 unspecified atom stereocenters. The maximum atomic E-state index is 5.20. The van der Waals surface area contributed by atoms with Gasteiger partial charge in [0.2, 0.25) is 0 Å². The molecule has 4 heteroatoms. The largest absolute Gasteiger partial charge is 0.294 e. The summed E-state index contributed by atoms with van der Waals surface area (Å²) in [6, 6.07) is 57.1. The molecule has 206 valence electrons. The number of rotatable bonds is 4. The molecule has 0 saturated heterocycles. The van der Waals surface area contributed by atoms with Gasteiger partial charge in [-0.2, -0.15) is 0 Å². The Morgan fingerprint density at radius 2 is 1.05 bits per heavy atom. The Kier molecular flexibility index (Phi) is 5.52. The lowest BCUT2D eigenvalue weighted by atomic mass is 10.1. The quantitative estimate of drug-likeness (QED) is 0.221. The molecule has 0 amide bonds. The molecule has 0 fully saturated rings. The summed E-state index contributed by atoms with van der Waals surface area (Å²) in [5, 5.41) is 7.87. The van der Waals surface area contributed by atoms with Crippen LogP contribution in [0, 0.1) is 0 Å². The van der Waals surface area contributed by atoms with E-state index in [-0.39, 0.29) is 0 Å². The summed E-state index contributed by atoms with van der Waals surface area (Å²) in [6.07, 6.45) is 1.98. The minimum absolute atomic E-state index is 0.728. The van der Waals surface area contributed by atoms with Crippen LogP contribution in [0.25, 0.3) is 50.1 Å². The van der Waals surface area contributed by atoms with Gasteiger partial charge in [-0.25, -0.2) is 9.97 Å².